The predicted molar refractivity (Wildman–Crippen MR) is 38.9 cm³/mol. The van der Waals surface area contributed by atoms with Gasteiger partial charge < -0.3 is 5.32 Å². The number of nitrogens with zero attached hydrogens (tertiary/aromatic N) is 2. The molecule has 1 aromatic rings. The first-order chi connectivity index (χ1) is 4.75. The molecule has 0 bridgehead atoms. The zero-order valence-electron chi connectivity index (χ0n) is 6.41. The van der Waals surface area contributed by atoms with Crippen molar-refractivity contribution in [3.05, 3.63) is 25.0 Å². The second kappa shape index (κ2) is 2.84. The number of quaternary nitrogens is 1. The van der Waals surface area contributed by atoms with Crippen molar-refractivity contribution < 1.29 is 5.32 Å². The molecule has 0 aliphatic heterocycles. The van der Waals surface area contributed by atoms with Gasteiger partial charge in [-0.15, -0.1) is 0 Å². The molecule has 56 valence electrons. The molecule has 0 aliphatic rings. The van der Waals surface area contributed by atoms with Gasteiger partial charge in [0.2, 0.25) is 0 Å². The van der Waals surface area contributed by atoms with Crippen molar-refractivity contribution in [2.24, 2.45) is 7.05 Å². The molecular weight excluding hydrogens is 126 g/mol. The van der Waals surface area contributed by atoms with E-state index in [0.717, 1.165) is 0 Å². The fourth-order valence-electron chi connectivity index (χ4n) is 0.951. The first kappa shape index (κ1) is 7.28. The third-order valence-corrected chi connectivity index (χ3v) is 1.68. The molecule has 0 radical (unpaired) electrons. The van der Waals surface area contributed by atoms with E-state index >= 15 is 0 Å². The van der Waals surface area contributed by atoms with Gasteiger partial charge in [-0.25, -0.2) is 0 Å². The SMILES string of the molecule is [CH2-][NH2+]C(C)c1ccnn1C. The lowest BCUT2D eigenvalue weighted by atomic mass is 10.2. The Bertz CT molecular complexity index is 204. The van der Waals surface area contributed by atoms with Crippen LogP contribution in [0.3, 0.4) is 0 Å². The van der Waals surface area contributed by atoms with E-state index in [1.807, 2.05) is 23.1 Å². The second-order valence-corrected chi connectivity index (χ2v) is 2.40. The van der Waals surface area contributed by atoms with Crippen LogP contribution in [0.2, 0.25) is 0 Å². The number of hydrogen-bond donors (Lipinski definition) is 1. The minimum Gasteiger partial charge on any atom is -0.472 e. The van der Waals surface area contributed by atoms with Crippen LogP contribution >= 0.6 is 0 Å². The first-order valence-corrected chi connectivity index (χ1v) is 3.36. The van der Waals surface area contributed by atoms with Gasteiger partial charge in [0, 0.05) is 13.2 Å². The average molecular weight is 139 g/mol. The van der Waals surface area contributed by atoms with Crippen molar-refractivity contribution in [1.29, 1.82) is 0 Å². The van der Waals surface area contributed by atoms with Crippen LogP contribution in [0.15, 0.2) is 12.3 Å². The quantitative estimate of drug-likeness (QED) is 0.567. The highest BCUT2D eigenvalue weighted by Gasteiger charge is 2.06. The van der Waals surface area contributed by atoms with Gasteiger partial charge in [0.1, 0.15) is 6.04 Å². The summed E-state index contributed by atoms with van der Waals surface area (Å²) in [5.41, 5.74) is 1.20. The Hall–Kier alpha value is -0.830. The molecule has 3 nitrogen and oxygen atoms in total. The lowest BCUT2D eigenvalue weighted by molar-refractivity contribution is -0.637. The Morgan fingerprint density at radius 3 is 2.90 bits per heavy atom. The Kier molecular flexibility index (Phi) is 2.06. The topological polar surface area (TPSA) is 34.4 Å². The van der Waals surface area contributed by atoms with Crippen LogP contribution in [0, 0.1) is 7.05 Å². The number of nitrogens with two attached hydrogens (primary N) is 1. The lowest BCUT2D eigenvalue weighted by Gasteiger charge is -2.10. The first-order valence-electron chi connectivity index (χ1n) is 3.36. The van der Waals surface area contributed by atoms with E-state index in [1.54, 1.807) is 6.20 Å². The molecule has 0 amide bonds. The molecule has 1 atom stereocenters. The van der Waals surface area contributed by atoms with Gasteiger partial charge in [0.05, 0.1) is 5.69 Å². The van der Waals surface area contributed by atoms with Gasteiger partial charge in [-0.05, 0) is 13.0 Å². The maximum absolute atomic E-state index is 4.05. The molecule has 1 rings (SSSR count). The molecule has 0 aromatic carbocycles. The summed E-state index contributed by atoms with van der Waals surface area (Å²) in [4.78, 5) is 0. The molecule has 0 fully saturated rings. The van der Waals surface area contributed by atoms with Crippen molar-refractivity contribution in [3.8, 4) is 0 Å². The van der Waals surface area contributed by atoms with Gasteiger partial charge in [0.25, 0.3) is 0 Å². The van der Waals surface area contributed by atoms with Gasteiger partial charge in [0.15, 0.2) is 0 Å². The monoisotopic (exact) mass is 139 g/mol. The Morgan fingerprint density at radius 2 is 2.50 bits per heavy atom. The molecule has 2 N–H and O–H groups in total. The van der Waals surface area contributed by atoms with Crippen molar-refractivity contribution in [3.63, 3.8) is 0 Å². The van der Waals surface area contributed by atoms with Crippen molar-refractivity contribution in [1.82, 2.24) is 9.78 Å². The van der Waals surface area contributed by atoms with Crippen LogP contribution in [-0.4, -0.2) is 9.78 Å². The number of hydrogen-bond acceptors (Lipinski definition) is 1. The highest BCUT2D eigenvalue weighted by molar-refractivity contribution is 5.01. The van der Waals surface area contributed by atoms with E-state index in [4.69, 9.17) is 0 Å². The fourth-order valence-corrected chi connectivity index (χ4v) is 0.951. The maximum Gasteiger partial charge on any atom is 0.102 e. The van der Waals surface area contributed by atoms with Crippen LogP contribution in [0.4, 0.5) is 0 Å². The smallest absolute Gasteiger partial charge is 0.102 e. The van der Waals surface area contributed by atoms with Gasteiger partial charge in [-0.1, -0.05) is 0 Å². The summed E-state index contributed by atoms with van der Waals surface area (Å²) in [7, 11) is 5.66. The molecule has 1 aromatic heterocycles. The Balaban J connectivity index is 2.82. The minimum atomic E-state index is 0.396. The molecule has 10 heavy (non-hydrogen) atoms. The number of aryl methyl sites for hydroxylation is 1. The van der Waals surface area contributed by atoms with Crippen LogP contribution in [0.5, 0.6) is 0 Å². The summed E-state index contributed by atoms with van der Waals surface area (Å²) in [6.45, 7) is 2.10. The molecular formula is C7H13N3. The maximum atomic E-state index is 4.05. The summed E-state index contributed by atoms with van der Waals surface area (Å²) in [5.74, 6) is 0. The molecule has 3 heteroatoms. The molecule has 0 spiro atoms. The summed E-state index contributed by atoms with van der Waals surface area (Å²) in [6.07, 6.45) is 1.80. The van der Waals surface area contributed by atoms with Crippen LogP contribution < -0.4 is 5.32 Å². The standard InChI is InChI=1S/C7H13N3/c1-6(8-2)7-4-5-9-10(7)3/h4-6H,2,8H2,1,3H3. The third-order valence-electron chi connectivity index (χ3n) is 1.68. The molecule has 1 heterocycles. The zero-order valence-corrected chi connectivity index (χ0v) is 6.41. The van der Waals surface area contributed by atoms with Gasteiger partial charge >= 0.3 is 0 Å². The summed E-state index contributed by atoms with van der Waals surface area (Å²) < 4.78 is 1.87. The van der Waals surface area contributed by atoms with E-state index in [2.05, 4.69) is 19.1 Å². The van der Waals surface area contributed by atoms with Crippen molar-refractivity contribution in [2.75, 3.05) is 0 Å². The average Bonchev–Trinajstić information content (AvgIpc) is 2.34. The van der Waals surface area contributed by atoms with E-state index in [0.29, 0.717) is 6.04 Å². The lowest BCUT2D eigenvalue weighted by Crippen LogP contribution is -2.77. The molecule has 1 unspecified atom stereocenters. The molecule has 0 saturated heterocycles. The highest BCUT2D eigenvalue weighted by Crippen LogP contribution is 2.04. The third kappa shape index (κ3) is 1.19. The van der Waals surface area contributed by atoms with Gasteiger partial charge in [-0.3, -0.25) is 4.68 Å². The van der Waals surface area contributed by atoms with E-state index in [1.165, 1.54) is 5.69 Å². The van der Waals surface area contributed by atoms with Crippen LogP contribution in [0.1, 0.15) is 18.7 Å². The normalized spacial score (nSPS) is 13.5. The largest absolute Gasteiger partial charge is 0.472 e. The minimum absolute atomic E-state index is 0.396. The Morgan fingerprint density at radius 1 is 1.80 bits per heavy atom. The number of aromatic nitrogens is 2. The van der Waals surface area contributed by atoms with Crippen molar-refractivity contribution in [2.45, 2.75) is 13.0 Å². The predicted octanol–water partition coefficient (Wildman–Crippen LogP) is -0.164. The second-order valence-electron chi connectivity index (χ2n) is 2.40. The van der Waals surface area contributed by atoms with E-state index < -0.39 is 0 Å². The van der Waals surface area contributed by atoms with Crippen molar-refractivity contribution >= 4 is 0 Å². The zero-order chi connectivity index (χ0) is 7.56. The summed E-state index contributed by atoms with van der Waals surface area (Å²) >= 11 is 0. The van der Waals surface area contributed by atoms with E-state index in [-0.39, 0.29) is 0 Å². The molecule has 0 aliphatic carbocycles. The molecule has 0 saturated carbocycles. The van der Waals surface area contributed by atoms with Crippen LogP contribution in [-0.2, 0) is 7.05 Å². The Labute approximate surface area is 61.0 Å². The van der Waals surface area contributed by atoms with Crippen LogP contribution in [0.25, 0.3) is 0 Å². The summed E-state index contributed by atoms with van der Waals surface area (Å²) in [5, 5.41) is 5.97. The van der Waals surface area contributed by atoms with E-state index in [9.17, 15) is 0 Å². The van der Waals surface area contributed by atoms with Gasteiger partial charge in [-0.2, -0.15) is 12.1 Å². The highest BCUT2D eigenvalue weighted by atomic mass is 15.3. The fraction of sp³-hybridized carbons (Fsp3) is 0.429. The summed E-state index contributed by atoms with van der Waals surface area (Å²) in [6, 6.07) is 2.40. The number of rotatable bonds is 2.